The largest absolute Gasteiger partial charge is 0.478 e. The SMILES string of the molecule is CCOC(=O)C1=C(C)N=c2s/c(=C/c3ccc(-c4ccc(C(=O)O)c(Cl)c4)o3)c(=O)n2[C@H]1c1cccc2ccccc12. The van der Waals surface area contributed by atoms with Crippen LogP contribution in [0, 0.1) is 0 Å². The molecule has 0 spiro atoms. The van der Waals surface area contributed by atoms with E-state index in [4.69, 9.17) is 20.8 Å². The Morgan fingerprint density at radius 3 is 2.67 bits per heavy atom. The molecule has 0 amide bonds. The summed E-state index contributed by atoms with van der Waals surface area (Å²) in [5.41, 5.74) is 1.86. The Morgan fingerprint density at radius 2 is 1.90 bits per heavy atom. The summed E-state index contributed by atoms with van der Waals surface area (Å²) >= 11 is 7.34. The van der Waals surface area contributed by atoms with Crippen LogP contribution in [-0.4, -0.2) is 28.2 Å². The molecule has 0 radical (unpaired) electrons. The van der Waals surface area contributed by atoms with Crippen molar-refractivity contribution in [2.45, 2.75) is 19.9 Å². The average molecular weight is 599 g/mol. The van der Waals surface area contributed by atoms with Crippen LogP contribution in [0.4, 0.5) is 0 Å². The number of carbonyl (C=O) groups is 2. The van der Waals surface area contributed by atoms with Gasteiger partial charge in [-0.05, 0) is 54.4 Å². The number of thiazole rings is 1. The standard InChI is InChI=1S/C32H23ClN2O6S/c1-3-40-31(39)27-17(2)34-32-35(28(27)22-10-6-8-18-7-4-5-9-21(18)22)29(36)26(42-32)16-20-12-14-25(41-20)19-11-13-23(30(37)38)24(33)15-19/h4-16,28H,3H2,1-2H3,(H,37,38)/b26-16+/t28-/m0/s1. The summed E-state index contributed by atoms with van der Waals surface area (Å²) in [6, 6.07) is 20.9. The molecule has 3 aromatic carbocycles. The molecule has 0 aliphatic carbocycles. The van der Waals surface area contributed by atoms with Crippen LogP contribution in [0.1, 0.15) is 41.6 Å². The van der Waals surface area contributed by atoms with Crippen molar-refractivity contribution in [1.82, 2.24) is 4.57 Å². The number of rotatable bonds is 6. The number of hydrogen-bond donors (Lipinski definition) is 1. The number of carboxylic acid groups (broad SMARTS) is 1. The molecule has 42 heavy (non-hydrogen) atoms. The molecule has 210 valence electrons. The average Bonchev–Trinajstić information content (AvgIpc) is 3.56. The van der Waals surface area contributed by atoms with E-state index in [0.29, 0.717) is 37.7 Å². The van der Waals surface area contributed by atoms with Crippen LogP contribution < -0.4 is 14.9 Å². The number of carbonyl (C=O) groups excluding carboxylic acids is 1. The first kappa shape index (κ1) is 27.4. The van der Waals surface area contributed by atoms with Crippen LogP contribution in [0.15, 0.2) is 98.3 Å². The molecule has 6 rings (SSSR count). The maximum Gasteiger partial charge on any atom is 0.338 e. The van der Waals surface area contributed by atoms with Gasteiger partial charge >= 0.3 is 11.9 Å². The monoisotopic (exact) mass is 598 g/mol. The lowest BCUT2D eigenvalue weighted by atomic mass is 9.91. The van der Waals surface area contributed by atoms with E-state index in [2.05, 4.69) is 4.99 Å². The van der Waals surface area contributed by atoms with E-state index in [1.165, 1.54) is 23.5 Å². The Bertz CT molecular complexity index is 2120. The van der Waals surface area contributed by atoms with Crippen LogP contribution in [0.2, 0.25) is 5.02 Å². The van der Waals surface area contributed by atoms with Gasteiger partial charge in [-0.15, -0.1) is 0 Å². The summed E-state index contributed by atoms with van der Waals surface area (Å²) < 4.78 is 13.3. The number of allylic oxidation sites excluding steroid dienone is 1. The molecule has 0 saturated heterocycles. The van der Waals surface area contributed by atoms with Crippen LogP contribution in [0.25, 0.3) is 28.2 Å². The smallest absolute Gasteiger partial charge is 0.338 e. The molecule has 0 unspecified atom stereocenters. The fraction of sp³-hybridized carbons (Fsp3) is 0.125. The highest BCUT2D eigenvalue weighted by molar-refractivity contribution is 7.07. The summed E-state index contributed by atoms with van der Waals surface area (Å²) in [5, 5.41) is 11.2. The molecule has 0 saturated carbocycles. The Kier molecular flexibility index (Phi) is 7.14. The minimum Gasteiger partial charge on any atom is -0.478 e. The van der Waals surface area contributed by atoms with Gasteiger partial charge in [-0.2, -0.15) is 0 Å². The van der Waals surface area contributed by atoms with Crippen molar-refractivity contribution in [2.75, 3.05) is 6.61 Å². The lowest BCUT2D eigenvalue weighted by molar-refractivity contribution is -0.139. The fourth-order valence-corrected chi connectivity index (χ4v) is 6.42. The Morgan fingerprint density at radius 1 is 1.12 bits per heavy atom. The van der Waals surface area contributed by atoms with Gasteiger partial charge in [0.2, 0.25) is 0 Å². The number of ether oxygens (including phenoxy) is 1. The zero-order valence-corrected chi connectivity index (χ0v) is 24.0. The van der Waals surface area contributed by atoms with Crippen molar-refractivity contribution in [3.63, 3.8) is 0 Å². The molecule has 8 nitrogen and oxygen atoms in total. The number of halogens is 1. The van der Waals surface area contributed by atoms with E-state index in [1.54, 1.807) is 42.7 Å². The van der Waals surface area contributed by atoms with E-state index in [1.807, 2.05) is 42.5 Å². The van der Waals surface area contributed by atoms with Crippen LogP contribution >= 0.6 is 22.9 Å². The number of nitrogens with zero attached hydrogens (tertiary/aromatic N) is 2. The van der Waals surface area contributed by atoms with Crippen molar-refractivity contribution < 1.29 is 23.8 Å². The molecular formula is C32H23ClN2O6S. The second kappa shape index (κ2) is 10.9. The number of furan rings is 1. The Hall–Kier alpha value is -4.73. The van der Waals surface area contributed by atoms with Gasteiger partial charge in [0.1, 0.15) is 11.5 Å². The topological polar surface area (TPSA) is 111 Å². The van der Waals surface area contributed by atoms with E-state index >= 15 is 0 Å². The highest BCUT2D eigenvalue weighted by Crippen LogP contribution is 2.35. The number of hydrogen-bond acceptors (Lipinski definition) is 7. The molecule has 5 aromatic rings. The minimum absolute atomic E-state index is 0.00784. The maximum atomic E-state index is 14.0. The number of fused-ring (bicyclic) bond motifs is 2. The predicted molar refractivity (Wildman–Crippen MR) is 160 cm³/mol. The maximum absolute atomic E-state index is 14.0. The number of aromatic nitrogens is 1. The van der Waals surface area contributed by atoms with Crippen molar-refractivity contribution >= 4 is 51.7 Å². The van der Waals surface area contributed by atoms with E-state index in [-0.39, 0.29) is 22.8 Å². The lowest BCUT2D eigenvalue weighted by Crippen LogP contribution is -2.40. The molecule has 1 aliphatic heterocycles. The Labute approximate surface area is 248 Å². The third kappa shape index (κ3) is 4.76. The molecule has 2 aromatic heterocycles. The number of carboxylic acids is 1. The molecule has 3 heterocycles. The quantitative estimate of drug-likeness (QED) is 0.256. The third-order valence-corrected chi connectivity index (χ3v) is 8.31. The summed E-state index contributed by atoms with van der Waals surface area (Å²) in [4.78, 5) is 43.6. The van der Waals surface area contributed by atoms with Gasteiger partial charge in [-0.25, -0.2) is 14.6 Å². The first-order valence-corrected chi connectivity index (χ1v) is 14.3. The molecule has 1 aliphatic rings. The van der Waals surface area contributed by atoms with E-state index in [9.17, 15) is 19.5 Å². The van der Waals surface area contributed by atoms with Gasteiger partial charge in [-0.3, -0.25) is 9.36 Å². The zero-order chi connectivity index (χ0) is 29.5. The van der Waals surface area contributed by atoms with E-state index in [0.717, 1.165) is 16.3 Å². The molecule has 10 heteroatoms. The van der Waals surface area contributed by atoms with Gasteiger partial charge in [0.25, 0.3) is 5.56 Å². The number of esters is 1. The summed E-state index contributed by atoms with van der Waals surface area (Å²) in [6.45, 7) is 3.68. The van der Waals surface area contributed by atoms with Gasteiger partial charge in [0.15, 0.2) is 4.80 Å². The number of benzene rings is 3. The van der Waals surface area contributed by atoms with Gasteiger partial charge < -0.3 is 14.3 Å². The molecule has 0 bridgehead atoms. The van der Waals surface area contributed by atoms with Crippen LogP contribution in [0.5, 0.6) is 0 Å². The minimum atomic E-state index is -1.12. The first-order valence-electron chi connectivity index (χ1n) is 13.1. The van der Waals surface area contributed by atoms with Crippen molar-refractivity contribution in [3.8, 4) is 11.3 Å². The number of aromatic carboxylic acids is 1. The summed E-state index contributed by atoms with van der Waals surface area (Å²) in [7, 11) is 0. The predicted octanol–water partition coefficient (Wildman–Crippen LogP) is 5.56. The third-order valence-electron chi connectivity index (χ3n) is 7.02. The normalized spacial score (nSPS) is 15.0. The second-order valence-corrected chi connectivity index (χ2v) is 11.0. The second-order valence-electron chi connectivity index (χ2n) is 9.57. The summed E-state index contributed by atoms with van der Waals surface area (Å²) in [6.07, 6.45) is 1.63. The fourth-order valence-electron chi connectivity index (χ4n) is 5.13. The molecule has 1 N–H and O–H groups in total. The van der Waals surface area contributed by atoms with Crippen molar-refractivity contribution in [1.29, 1.82) is 0 Å². The molecular weight excluding hydrogens is 576 g/mol. The van der Waals surface area contributed by atoms with E-state index < -0.39 is 18.0 Å². The van der Waals surface area contributed by atoms with Crippen LogP contribution in [-0.2, 0) is 9.53 Å². The van der Waals surface area contributed by atoms with Crippen molar-refractivity contribution in [2.24, 2.45) is 4.99 Å². The summed E-state index contributed by atoms with van der Waals surface area (Å²) in [5.74, 6) is -0.766. The highest BCUT2D eigenvalue weighted by Gasteiger charge is 2.34. The zero-order valence-electron chi connectivity index (χ0n) is 22.5. The highest BCUT2D eigenvalue weighted by atomic mass is 35.5. The first-order chi connectivity index (χ1) is 20.3. The van der Waals surface area contributed by atoms with Gasteiger partial charge in [0.05, 0.1) is 39.0 Å². The molecule has 0 fully saturated rings. The van der Waals surface area contributed by atoms with Gasteiger partial charge in [-0.1, -0.05) is 71.5 Å². The van der Waals surface area contributed by atoms with Gasteiger partial charge in [0, 0.05) is 11.6 Å². The van der Waals surface area contributed by atoms with Crippen molar-refractivity contribution in [3.05, 3.63) is 126 Å². The molecule has 1 atom stereocenters. The Balaban J connectivity index is 1.49. The van der Waals surface area contributed by atoms with Crippen LogP contribution in [0.3, 0.4) is 0 Å². The lowest BCUT2D eigenvalue weighted by Gasteiger charge is -2.25.